The van der Waals surface area contributed by atoms with Gasteiger partial charge >= 0.3 is 5.97 Å². The molecule has 3 atom stereocenters. The molecule has 2 fully saturated rings. The molecule has 3 nitrogen and oxygen atoms in total. The second-order valence-corrected chi connectivity index (χ2v) is 3.13. The standard InChI is InChI=1S/C7H9FO3/c8-7-2-1-4(7)5(3-9)11-6(7)10/h4-5,9H,1-3H2/t4-,5+,7+/m0/s1. The Morgan fingerprint density at radius 2 is 2.55 bits per heavy atom. The Kier molecular flexibility index (Phi) is 1.24. The molecule has 1 heterocycles. The van der Waals surface area contributed by atoms with E-state index in [2.05, 4.69) is 4.74 Å². The second-order valence-electron chi connectivity index (χ2n) is 3.13. The predicted molar refractivity (Wildman–Crippen MR) is 33.5 cm³/mol. The topological polar surface area (TPSA) is 46.5 Å². The zero-order valence-corrected chi connectivity index (χ0v) is 5.92. The Bertz CT molecular complexity index is 206. The minimum absolute atomic E-state index is 0.257. The van der Waals surface area contributed by atoms with E-state index in [1.54, 1.807) is 0 Å². The number of hydrogen-bond acceptors (Lipinski definition) is 3. The molecule has 1 saturated heterocycles. The van der Waals surface area contributed by atoms with Gasteiger partial charge in [-0.1, -0.05) is 0 Å². The molecule has 0 unspecified atom stereocenters. The molecular formula is C7H9FO3. The van der Waals surface area contributed by atoms with Gasteiger partial charge in [-0.05, 0) is 12.8 Å². The molecule has 62 valence electrons. The van der Waals surface area contributed by atoms with Crippen LogP contribution in [0.25, 0.3) is 0 Å². The lowest BCUT2D eigenvalue weighted by Gasteiger charge is -2.34. The van der Waals surface area contributed by atoms with Crippen molar-refractivity contribution in [2.45, 2.75) is 24.6 Å². The van der Waals surface area contributed by atoms with Crippen molar-refractivity contribution in [3.63, 3.8) is 0 Å². The van der Waals surface area contributed by atoms with E-state index in [-0.39, 0.29) is 18.9 Å². The van der Waals surface area contributed by atoms with E-state index in [9.17, 15) is 9.18 Å². The number of esters is 1. The van der Waals surface area contributed by atoms with Gasteiger partial charge in [0.15, 0.2) is 0 Å². The molecule has 0 spiro atoms. The van der Waals surface area contributed by atoms with Crippen LogP contribution in [-0.4, -0.2) is 29.5 Å². The Morgan fingerprint density at radius 3 is 2.82 bits per heavy atom. The van der Waals surface area contributed by atoms with E-state index in [1.807, 2.05) is 0 Å². The molecule has 0 aromatic heterocycles. The van der Waals surface area contributed by atoms with Gasteiger partial charge in [0.25, 0.3) is 0 Å². The number of halogens is 1. The molecule has 1 aliphatic carbocycles. The van der Waals surface area contributed by atoms with Crippen LogP contribution in [0.2, 0.25) is 0 Å². The Morgan fingerprint density at radius 1 is 1.82 bits per heavy atom. The van der Waals surface area contributed by atoms with Crippen LogP contribution >= 0.6 is 0 Å². The maximum absolute atomic E-state index is 13.3. The van der Waals surface area contributed by atoms with Crippen molar-refractivity contribution in [1.29, 1.82) is 0 Å². The van der Waals surface area contributed by atoms with Gasteiger partial charge in [0.1, 0.15) is 6.10 Å². The molecule has 1 N–H and O–H groups in total. The number of carbonyl (C=O) groups is 1. The van der Waals surface area contributed by atoms with Crippen LogP contribution in [0.5, 0.6) is 0 Å². The summed E-state index contributed by atoms with van der Waals surface area (Å²) in [7, 11) is 0. The number of alkyl halides is 1. The summed E-state index contributed by atoms with van der Waals surface area (Å²) in [5.41, 5.74) is -1.76. The van der Waals surface area contributed by atoms with E-state index in [0.29, 0.717) is 6.42 Å². The van der Waals surface area contributed by atoms with Gasteiger partial charge in [0.05, 0.1) is 6.61 Å². The first-order valence-electron chi connectivity index (χ1n) is 3.69. The first-order valence-corrected chi connectivity index (χ1v) is 3.69. The quantitative estimate of drug-likeness (QED) is 0.550. The molecule has 11 heavy (non-hydrogen) atoms. The number of ether oxygens (including phenoxy) is 1. The fraction of sp³-hybridized carbons (Fsp3) is 0.857. The minimum Gasteiger partial charge on any atom is -0.457 e. The monoisotopic (exact) mass is 160 g/mol. The lowest BCUT2D eigenvalue weighted by Crippen LogP contribution is -2.47. The van der Waals surface area contributed by atoms with Crippen molar-refractivity contribution in [2.24, 2.45) is 5.92 Å². The summed E-state index contributed by atoms with van der Waals surface area (Å²) >= 11 is 0. The van der Waals surface area contributed by atoms with Crippen LogP contribution in [0, 0.1) is 5.92 Å². The summed E-state index contributed by atoms with van der Waals surface area (Å²) < 4.78 is 18.0. The number of hydrogen-bond donors (Lipinski definition) is 1. The van der Waals surface area contributed by atoms with Crippen molar-refractivity contribution in [1.82, 2.24) is 0 Å². The van der Waals surface area contributed by atoms with Crippen molar-refractivity contribution in [3.05, 3.63) is 0 Å². The number of carbonyl (C=O) groups excluding carboxylic acids is 1. The Balaban J connectivity index is 2.20. The third-order valence-corrected chi connectivity index (χ3v) is 2.63. The Hall–Kier alpha value is -0.640. The fourth-order valence-corrected chi connectivity index (χ4v) is 1.78. The van der Waals surface area contributed by atoms with E-state index in [4.69, 9.17) is 5.11 Å². The number of rotatable bonds is 1. The zero-order valence-electron chi connectivity index (χ0n) is 5.92. The highest BCUT2D eigenvalue weighted by Gasteiger charge is 2.64. The van der Waals surface area contributed by atoms with E-state index in [0.717, 1.165) is 0 Å². The number of cyclic esters (lactones) is 1. The summed E-state index contributed by atoms with van der Waals surface area (Å²) in [6.07, 6.45) is 0.307. The molecule has 1 saturated carbocycles. The van der Waals surface area contributed by atoms with Crippen molar-refractivity contribution >= 4 is 5.97 Å². The van der Waals surface area contributed by atoms with E-state index < -0.39 is 17.7 Å². The first-order chi connectivity index (χ1) is 5.18. The van der Waals surface area contributed by atoms with Gasteiger partial charge in [-0.25, -0.2) is 9.18 Å². The average molecular weight is 160 g/mol. The molecule has 0 aromatic carbocycles. The number of fused-ring (bicyclic) bond motifs is 1. The molecule has 0 aromatic rings. The SMILES string of the molecule is O=C1O[C@H](CO)[C@@H]2CC[C@]12F. The smallest absolute Gasteiger partial charge is 0.344 e. The molecule has 0 radical (unpaired) electrons. The average Bonchev–Trinajstić information content (AvgIpc) is 2.12. The third-order valence-electron chi connectivity index (χ3n) is 2.63. The van der Waals surface area contributed by atoms with Gasteiger partial charge in [-0.15, -0.1) is 0 Å². The van der Waals surface area contributed by atoms with E-state index in [1.165, 1.54) is 0 Å². The summed E-state index contributed by atoms with van der Waals surface area (Å²) in [5.74, 6) is -1.17. The first kappa shape index (κ1) is 7.03. The van der Waals surface area contributed by atoms with Crippen LogP contribution in [0.3, 0.4) is 0 Å². The van der Waals surface area contributed by atoms with Gasteiger partial charge in [-0.2, -0.15) is 0 Å². The second kappa shape index (κ2) is 1.94. The van der Waals surface area contributed by atoms with Crippen molar-refractivity contribution in [3.8, 4) is 0 Å². The zero-order chi connectivity index (χ0) is 8.06. The van der Waals surface area contributed by atoms with Gasteiger partial charge in [-0.3, -0.25) is 0 Å². The van der Waals surface area contributed by atoms with Crippen LogP contribution < -0.4 is 0 Å². The number of aliphatic hydroxyl groups is 1. The minimum atomic E-state index is -1.76. The van der Waals surface area contributed by atoms with Gasteiger partial charge < -0.3 is 9.84 Å². The fourth-order valence-electron chi connectivity index (χ4n) is 1.78. The van der Waals surface area contributed by atoms with Crippen LogP contribution in [0.4, 0.5) is 4.39 Å². The maximum atomic E-state index is 13.3. The lowest BCUT2D eigenvalue weighted by molar-refractivity contribution is -0.152. The van der Waals surface area contributed by atoms with Crippen LogP contribution in [0.1, 0.15) is 12.8 Å². The highest BCUT2D eigenvalue weighted by molar-refractivity contribution is 5.83. The summed E-state index contributed by atoms with van der Waals surface area (Å²) in [6, 6.07) is 0. The van der Waals surface area contributed by atoms with Gasteiger partial charge in [0, 0.05) is 5.92 Å². The number of aliphatic hydroxyl groups excluding tert-OH is 1. The normalized spacial score (nSPS) is 48.0. The predicted octanol–water partition coefficient (Wildman–Crippen LogP) is 0.0224. The third kappa shape index (κ3) is 0.677. The molecular weight excluding hydrogens is 151 g/mol. The van der Waals surface area contributed by atoms with Crippen LogP contribution in [0.15, 0.2) is 0 Å². The van der Waals surface area contributed by atoms with E-state index >= 15 is 0 Å². The summed E-state index contributed by atoms with van der Waals surface area (Å²) in [4.78, 5) is 10.8. The highest BCUT2D eigenvalue weighted by atomic mass is 19.1. The summed E-state index contributed by atoms with van der Waals surface area (Å²) in [6.45, 7) is -0.262. The molecule has 2 aliphatic rings. The van der Waals surface area contributed by atoms with Crippen molar-refractivity contribution in [2.75, 3.05) is 6.61 Å². The van der Waals surface area contributed by atoms with Crippen LogP contribution in [-0.2, 0) is 9.53 Å². The molecule has 0 amide bonds. The molecule has 0 bridgehead atoms. The lowest BCUT2D eigenvalue weighted by atomic mass is 9.70. The highest BCUT2D eigenvalue weighted by Crippen LogP contribution is 2.50. The maximum Gasteiger partial charge on any atom is 0.344 e. The Labute approximate surface area is 63.2 Å². The molecule has 4 heteroatoms. The summed E-state index contributed by atoms with van der Waals surface area (Å²) in [5, 5.41) is 8.68. The van der Waals surface area contributed by atoms with Gasteiger partial charge in [0.2, 0.25) is 5.67 Å². The van der Waals surface area contributed by atoms with Crippen molar-refractivity contribution < 1.29 is 19.0 Å². The largest absolute Gasteiger partial charge is 0.457 e. The molecule has 1 aliphatic heterocycles. The molecule has 2 rings (SSSR count).